The minimum Gasteiger partial charge on any atom is -0.496 e. The Morgan fingerprint density at radius 3 is 2.43 bits per heavy atom. The van der Waals surface area contributed by atoms with E-state index < -0.39 is 0 Å². The number of fused-ring (bicyclic) bond motifs is 1. The Balaban J connectivity index is 1.32. The number of hydrogen-bond donors (Lipinski definition) is 1. The Morgan fingerprint density at radius 1 is 0.914 bits per heavy atom. The van der Waals surface area contributed by atoms with Gasteiger partial charge in [-0.05, 0) is 65.7 Å². The molecule has 0 bridgehead atoms. The standard InChI is InChI=1S/C29H21BrN2O3/c1-34-26-14-12-23(30)17-22(26)11-16-28(33)31-24-13-15-27-25(18-24)32-29(35-27)21-9-7-20(8-10-21)19-5-3-2-4-6-19/h2-18H,1H3,(H,31,33)/b16-11+. The Kier molecular flexibility index (Phi) is 6.46. The summed E-state index contributed by atoms with van der Waals surface area (Å²) >= 11 is 3.44. The normalized spacial score (nSPS) is 11.1. The first-order valence-electron chi connectivity index (χ1n) is 11.0. The molecule has 0 spiro atoms. The van der Waals surface area contributed by atoms with Crippen molar-refractivity contribution in [2.75, 3.05) is 12.4 Å². The zero-order valence-electron chi connectivity index (χ0n) is 18.9. The van der Waals surface area contributed by atoms with Gasteiger partial charge in [-0.1, -0.05) is 58.4 Å². The van der Waals surface area contributed by atoms with Crippen LogP contribution in [0, 0.1) is 0 Å². The first-order chi connectivity index (χ1) is 17.1. The summed E-state index contributed by atoms with van der Waals surface area (Å²) in [5, 5.41) is 2.87. The first-order valence-corrected chi connectivity index (χ1v) is 11.8. The molecule has 0 aliphatic heterocycles. The van der Waals surface area contributed by atoms with E-state index in [1.807, 2.05) is 48.5 Å². The van der Waals surface area contributed by atoms with Gasteiger partial charge in [0.1, 0.15) is 11.3 Å². The molecular formula is C29H21BrN2O3. The molecule has 1 amide bonds. The van der Waals surface area contributed by atoms with E-state index in [1.54, 1.807) is 31.4 Å². The number of nitrogens with zero attached hydrogens (tertiary/aromatic N) is 1. The first kappa shape index (κ1) is 22.6. The maximum Gasteiger partial charge on any atom is 0.248 e. The summed E-state index contributed by atoms with van der Waals surface area (Å²) in [5.41, 5.74) is 5.92. The van der Waals surface area contributed by atoms with Crippen LogP contribution in [-0.2, 0) is 4.79 Å². The average molecular weight is 525 g/mol. The van der Waals surface area contributed by atoms with Crippen molar-refractivity contribution in [1.29, 1.82) is 0 Å². The van der Waals surface area contributed by atoms with Crippen LogP contribution in [0.25, 0.3) is 39.8 Å². The van der Waals surface area contributed by atoms with Crippen molar-refractivity contribution in [2.45, 2.75) is 0 Å². The number of halogens is 1. The number of amides is 1. The molecule has 4 aromatic carbocycles. The number of nitrogens with one attached hydrogen (secondary N) is 1. The molecule has 0 radical (unpaired) electrons. The van der Waals surface area contributed by atoms with Crippen LogP contribution >= 0.6 is 15.9 Å². The van der Waals surface area contributed by atoms with Gasteiger partial charge in [0.25, 0.3) is 0 Å². The van der Waals surface area contributed by atoms with Gasteiger partial charge in [0.05, 0.1) is 7.11 Å². The van der Waals surface area contributed by atoms with Gasteiger partial charge in [-0.15, -0.1) is 0 Å². The number of hydrogen-bond acceptors (Lipinski definition) is 4. The second-order valence-corrected chi connectivity index (χ2v) is 8.77. The molecular weight excluding hydrogens is 504 g/mol. The van der Waals surface area contributed by atoms with Gasteiger partial charge in [-0.2, -0.15) is 0 Å². The van der Waals surface area contributed by atoms with E-state index in [0.29, 0.717) is 28.4 Å². The van der Waals surface area contributed by atoms with Gasteiger partial charge in [0, 0.05) is 27.4 Å². The monoisotopic (exact) mass is 524 g/mol. The highest BCUT2D eigenvalue weighted by atomic mass is 79.9. The maximum atomic E-state index is 12.5. The van der Waals surface area contributed by atoms with Crippen LogP contribution in [0.5, 0.6) is 5.75 Å². The lowest BCUT2D eigenvalue weighted by Gasteiger charge is -2.05. The summed E-state index contributed by atoms with van der Waals surface area (Å²) in [4.78, 5) is 17.1. The molecule has 0 saturated heterocycles. The SMILES string of the molecule is COc1ccc(Br)cc1/C=C/C(=O)Nc1ccc2oc(-c3ccc(-c4ccccc4)cc3)nc2c1. The quantitative estimate of drug-likeness (QED) is 0.232. The molecule has 0 fully saturated rings. The van der Waals surface area contributed by atoms with E-state index in [9.17, 15) is 4.79 Å². The highest BCUT2D eigenvalue weighted by molar-refractivity contribution is 9.10. The van der Waals surface area contributed by atoms with Gasteiger partial charge in [0.2, 0.25) is 11.8 Å². The molecule has 0 aliphatic carbocycles. The van der Waals surface area contributed by atoms with Crippen molar-refractivity contribution in [1.82, 2.24) is 4.98 Å². The van der Waals surface area contributed by atoms with Crippen LogP contribution in [-0.4, -0.2) is 18.0 Å². The summed E-state index contributed by atoms with van der Waals surface area (Å²) < 4.78 is 12.2. The number of rotatable bonds is 6. The molecule has 0 aliphatic rings. The predicted octanol–water partition coefficient (Wildman–Crippen LogP) is 7.58. The number of oxazole rings is 1. The molecule has 5 nitrogen and oxygen atoms in total. The third kappa shape index (κ3) is 5.18. The van der Waals surface area contributed by atoms with Crippen molar-refractivity contribution in [3.63, 3.8) is 0 Å². The molecule has 0 unspecified atom stereocenters. The van der Waals surface area contributed by atoms with Gasteiger partial charge < -0.3 is 14.5 Å². The largest absolute Gasteiger partial charge is 0.496 e. The van der Waals surface area contributed by atoms with E-state index in [4.69, 9.17) is 9.15 Å². The maximum absolute atomic E-state index is 12.5. The van der Waals surface area contributed by atoms with Crippen LogP contribution in [0.3, 0.4) is 0 Å². The lowest BCUT2D eigenvalue weighted by molar-refractivity contribution is -0.111. The molecule has 6 heteroatoms. The highest BCUT2D eigenvalue weighted by Crippen LogP contribution is 2.29. The number of carbonyl (C=O) groups excluding carboxylic acids is 1. The molecule has 0 saturated carbocycles. The van der Waals surface area contributed by atoms with Gasteiger partial charge in [0.15, 0.2) is 5.58 Å². The van der Waals surface area contributed by atoms with Crippen LogP contribution in [0.2, 0.25) is 0 Å². The number of benzene rings is 4. The van der Waals surface area contributed by atoms with E-state index in [-0.39, 0.29) is 5.91 Å². The summed E-state index contributed by atoms with van der Waals surface area (Å²) in [5.74, 6) is 0.960. The molecule has 1 aromatic heterocycles. The minimum atomic E-state index is -0.258. The number of anilines is 1. The second kappa shape index (κ2) is 9.99. The number of methoxy groups -OCH3 is 1. The molecule has 0 atom stereocenters. The fourth-order valence-electron chi connectivity index (χ4n) is 3.75. The highest BCUT2D eigenvalue weighted by Gasteiger charge is 2.10. The van der Waals surface area contributed by atoms with Crippen LogP contribution in [0.1, 0.15) is 5.56 Å². The fourth-order valence-corrected chi connectivity index (χ4v) is 4.13. The fraction of sp³-hybridized carbons (Fsp3) is 0.0345. The lowest BCUT2D eigenvalue weighted by atomic mass is 10.0. The Labute approximate surface area is 211 Å². The van der Waals surface area contributed by atoms with Gasteiger partial charge in [-0.25, -0.2) is 4.98 Å². The van der Waals surface area contributed by atoms with Crippen molar-refractivity contribution in [3.05, 3.63) is 107 Å². The Bertz CT molecular complexity index is 1520. The average Bonchev–Trinajstić information content (AvgIpc) is 3.32. The zero-order valence-corrected chi connectivity index (χ0v) is 20.5. The zero-order chi connectivity index (χ0) is 24.2. The third-order valence-corrected chi connectivity index (χ3v) is 5.99. The smallest absolute Gasteiger partial charge is 0.248 e. The number of ether oxygens (including phenoxy) is 1. The second-order valence-electron chi connectivity index (χ2n) is 7.85. The summed E-state index contributed by atoms with van der Waals surface area (Å²) in [6, 6.07) is 29.3. The van der Waals surface area contributed by atoms with E-state index in [0.717, 1.165) is 26.7 Å². The van der Waals surface area contributed by atoms with Crippen LogP contribution in [0.15, 0.2) is 106 Å². The molecule has 5 aromatic rings. The topological polar surface area (TPSA) is 64.4 Å². The molecule has 1 heterocycles. The van der Waals surface area contributed by atoms with Crippen molar-refractivity contribution in [2.24, 2.45) is 0 Å². The summed E-state index contributed by atoms with van der Waals surface area (Å²) in [6.07, 6.45) is 3.18. The Morgan fingerprint density at radius 2 is 1.66 bits per heavy atom. The van der Waals surface area contributed by atoms with E-state index in [2.05, 4.69) is 50.5 Å². The van der Waals surface area contributed by atoms with Crippen LogP contribution in [0.4, 0.5) is 5.69 Å². The van der Waals surface area contributed by atoms with E-state index in [1.165, 1.54) is 6.08 Å². The minimum absolute atomic E-state index is 0.258. The van der Waals surface area contributed by atoms with Crippen molar-refractivity contribution in [3.8, 4) is 28.3 Å². The molecule has 5 rings (SSSR count). The molecule has 1 N–H and O–H groups in total. The van der Waals surface area contributed by atoms with Crippen LogP contribution < -0.4 is 10.1 Å². The third-order valence-electron chi connectivity index (χ3n) is 5.50. The Hall–Kier alpha value is -4.16. The number of carbonyl (C=O) groups is 1. The number of aromatic nitrogens is 1. The molecule has 172 valence electrons. The summed E-state index contributed by atoms with van der Waals surface area (Å²) in [7, 11) is 1.60. The summed E-state index contributed by atoms with van der Waals surface area (Å²) in [6.45, 7) is 0. The predicted molar refractivity (Wildman–Crippen MR) is 143 cm³/mol. The van der Waals surface area contributed by atoms with Crippen molar-refractivity contribution < 1.29 is 13.9 Å². The van der Waals surface area contributed by atoms with Gasteiger partial charge >= 0.3 is 0 Å². The van der Waals surface area contributed by atoms with E-state index >= 15 is 0 Å². The molecule has 35 heavy (non-hydrogen) atoms. The van der Waals surface area contributed by atoms with Gasteiger partial charge in [-0.3, -0.25) is 4.79 Å². The van der Waals surface area contributed by atoms with Crippen molar-refractivity contribution >= 4 is 44.7 Å². The lowest BCUT2D eigenvalue weighted by Crippen LogP contribution is -2.07.